The average molecular weight is 177 g/mol. The van der Waals surface area contributed by atoms with Crippen LogP contribution in [-0.2, 0) is 5.41 Å². The van der Waals surface area contributed by atoms with Gasteiger partial charge in [-0.15, -0.1) is 0 Å². The summed E-state index contributed by atoms with van der Waals surface area (Å²) in [5.41, 5.74) is 6.98. The second-order valence-corrected chi connectivity index (χ2v) is 4.06. The fourth-order valence-electron chi connectivity index (χ4n) is 1.92. The van der Waals surface area contributed by atoms with Crippen molar-refractivity contribution in [1.82, 2.24) is 0 Å². The minimum absolute atomic E-state index is 0.0470. The van der Waals surface area contributed by atoms with Crippen LogP contribution < -0.4 is 10.5 Å². The third-order valence-corrected chi connectivity index (χ3v) is 2.87. The van der Waals surface area contributed by atoms with Gasteiger partial charge in [-0.3, -0.25) is 0 Å². The van der Waals surface area contributed by atoms with Gasteiger partial charge >= 0.3 is 0 Å². The largest absolute Gasteiger partial charge is 0.488 e. The Hall–Kier alpha value is -1.02. The molecule has 2 N–H and O–H groups in total. The highest BCUT2D eigenvalue weighted by Crippen LogP contribution is 2.41. The van der Waals surface area contributed by atoms with Gasteiger partial charge in [0.15, 0.2) is 0 Å². The van der Waals surface area contributed by atoms with Crippen LogP contribution in [0.15, 0.2) is 24.3 Å². The van der Waals surface area contributed by atoms with Crippen molar-refractivity contribution < 1.29 is 4.74 Å². The van der Waals surface area contributed by atoms with Crippen LogP contribution in [0.25, 0.3) is 0 Å². The third kappa shape index (κ3) is 1.13. The van der Waals surface area contributed by atoms with Crippen molar-refractivity contribution in [3.63, 3.8) is 0 Å². The van der Waals surface area contributed by atoms with Crippen LogP contribution in [0.1, 0.15) is 19.4 Å². The molecule has 1 aromatic carbocycles. The zero-order valence-electron chi connectivity index (χ0n) is 8.08. The van der Waals surface area contributed by atoms with E-state index in [1.165, 1.54) is 5.56 Å². The van der Waals surface area contributed by atoms with Gasteiger partial charge in [-0.25, -0.2) is 0 Å². The number of rotatable bonds is 1. The van der Waals surface area contributed by atoms with Gasteiger partial charge < -0.3 is 10.5 Å². The van der Waals surface area contributed by atoms with Crippen molar-refractivity contribution >= 4 is 0 Å². The van der Waals surface area contributed by atoms with Crippen LogP contribution in [0.4, 0.5) is 0 Å². The standard InChI is InChI=1S/C11H15NO/c1-11(2)8-5-3-4-6-9(8)13-10(11)7-12/h3-6,10H,7,12H2,1-2H3. The summed E-state index contributed by atoms with van der Waals surface area (Å²) in [4.78, 5) is 0. The molecule has 1 aromatic rings. The molecule has 0 aromatic heterocycles. The molecule has 70 valence electrons. The van der Waals surface area contributed by atoms with E-state index < -0.39 is 0 Å². The lowest BCUT2D eigenvalue weighted by Crippen LogP contribution is -2.38. The topological polar surface area (TPSA) is 35.2 Å². The van der Waals surface area contributed by atoms with Crippen molar-refractivity contribution in [2.75, 3.05) is 6.54 Å². The van der Waals surface area contributed by atoms with Gasteiger partial charge in [0, 0.05) is 17.5 Å². The second kappa shape index (κ2) is 2.74. The molecule has 2 nitrogen and oxygen atoms in total. The molecule has 1 unspecified atom stereocenters. The summed E-state index contributed by atoms with van der Waals surface area (Å²) in [7, 11) is 0. The molecule has 2 heteroatoms. The molecule has 0 saturated heterocycles. The van der Waals surface area contributed by atoms with E-state index >= 15 is 0 Å². The van der Waals surface area contributed by atoms with Crippen molar-refractivity contribution in [2.45, 2.75) is 25.4 Å². The Kier molecular flexibility index (Phi) is 1.81. The summed E-state index contributed by atoms with van der Waals surface area (Å²) in [5.74, 6) is 0.989. The van der Waals surface area contributed by atoms with Crippen LogP contribution in [0.2, 0.25) is 0 Å². The number of benzene rings is 1. The Balaban J connectivity index is 2.47. The molecule has 0 amide bonds. The molecule has 1 aliphatic rings. The Bertz CT molecular complexity index is 320. The summed E-state index contributed by atoms with van der Waals surface area (Å²) in [6.07, 6.45) is 0.116. The van der Waals surface area contributed by atoms with Gasteiger partial charge in [0.2, 0.25) is 0 Å². The molecule has 1 aliphatic heterocycles. The lowest BCUT2D eigenvalue weighted by Gasteiger charge is -2.24. The molecule has 13 heavy (non-hydrogen) atoms. The Morgan fingerprint density at radius 2 is 2.08 bits per heavy atom. The molecule has 1 heterocycles. The van der Waals surface area contributed by atoms with Crippen LogP contribution >= 0.6 is 0 Å². The average Bonchev–Trinajstić information content (AvgIpc) is 2.39. The molecule has 0 bridgehead atoms. The van der Waals surface area contributed by atoms with Gasteiger partial charge in [-0.05, 0) is 6.07 Å². The number of para-hydroxylation sites is 1. The van der Waals surface area contributed by atoms with E-state index in [0.29, 0.717) is 6.54 Å². The van der Waals surface area contributed by atoms with E-state index in [0.717, 1.165) is 5.75 Å². The smallest absolute Gasteiger partial charge is 0.123 e. The summed E-state index contributed by atoms with van der Waals surface area (Å²) in [6, 6.07) is 8.16. The summed E-state index contributed by atoms with van der Waals surface area (Å²) >= 11 is 0. The molecule has 0 saturated carbocycles. The first-order valence-electron chi connectivity index (χ1n) is 4.62. The summed E-state index contributed by atoms with van der Waals surface area (Å²) in [5, 5.41) is 0. The van der Waals surface area contributed by atoms with Gasteiger partial charge in [-0.2, -0.15) is 0 Å². The van der Waals surface area contributed by atoms with Crippen LogP contribution in [-0.4, -0.2) is 12.6 Å². The maximum Gasteiger partial charge on any atom is 0.123 e. The normalized spacial score (nSPS) is 23.8. The quantitative estimate of drug-likeness (QED) is 0.708. The van der Waals surface area contributed by atoms with E-state index in [9.17, 15) is 0 Å². The molecular formula is C11H15NO. The minimum Gasteiger partial charge on any atom is -0.488 e. The highest BCUT2D eigenvalue weighted by molar-refractivity contribution is 5.44. The number of hydrogen-bond acceptors (Lipinski definition) is 2. The molecular weight excluding hydrogens is 162 g/mol. The SMILES string of the molecule is CC1(C)c2ccccc2OC1CN. The zero-order chi connectivity index (χ0) is 9.47. The van der Waals surface area contributed by atoms with Crippen LogP contribution in [0, 0.1) is 0 Å². The van der Waals surface area contributed by atoms with Crippen molar-refractivity contribution in [3.8, 4) is 5.75 Å². The lowest BCUT2D eigenvalue weighted by atomic mass is 9.81. The second-order valence-electron chi connectivity index (χ2n) is 4.06. The van der Waals surface area contributed by atoms with Crippen molar-refractivity contribution in [2.24, 2.45) is 5.73 Å². The van der Waals surface area contributed by atoms with Gasteiger partial charge in [0.1, 0.15) is 11.9 Å². The third-order valence-electron chi connectivity index (χ3n) is 2.87. The zero-order valence-corrected chi connectivity index (χ0v) is 8.08. The first-order valence-corrected chi connectivity index (χ1v) is 4.62. The van der Waals surface area contributed by atoms with Crippen LogP contribution in [0.5, 0.6) is 5.75 Å². The minimum atomic E-state index is 0.0470. The Morgan fingerprint density at radius 1 is 1.38 bits per heavy atom. The number of ether oxygens (including phenoxy) is 1. The van der Waals surface area contributed by atoms with E-state index in [1.54, 1.807) is 0 Å². The first kappa shape index (κ1) is 8.57. The Morgan fingerprint density at radius 3 is 2.69 bits per heavy atom. The van der Waals surface area contributed by atoms with E-state index in [1.807, 2.05) is 18.2 Å². The van der Waals surface area contributed by atoms with E-state index in [4.69, 9.17) is 10.5 Å². The molecule has 0 radical (unpaired) electrons. The monoisotopic (exact) mass is 177 g/mol. The van der Waals surface area contributed by atoms with Crippen molar-refractivity contribution in [1.29, 1.82) is 0 Å². The van der Waals surface area contributed by atoms with Crippen LogP contribution in [0.3, 0.4) is 0 Å². The van der Waals surface area contributed by atoms with Gasteiger partial charge in [-0.1, -0.05) is 32.0 Å². The fourth-order valence-corrected chi connectivity index (χ4v) is 1.92. The van der Waals surface area contributed by atoms with Gasteiger partial charge in [0.25, 0.3) is 0 Å². The van der Waals surface area contributed by atoms with E-state index in [2.05, 4.69) is 19.9 Å². The highest BCUT2D eigenvalue weighted by atomic mass is 16.5. The maximum atomic E-state index is 5.75. The molecule has 0 aliphatic carbocycles. The van der Waals surface area contributed by atoms with Crippen molar-refractivity contribution in [3.05, 3.63) is 29.8 Å². The molecule has 0 fully saturated rings. The van der Waals surface area contributed by atoms with Gasteiger partial charge in [0.05, 0.1) is 0 Å². The number of hydrogen-bond donors (Lipinski definition) is 1. The predicted molar refractivity (Wildman–Crippen MR) is 52.9 cm³/mol. The first-order chi connectivity index (χ1) is 6.16. The molecule has 1 atom stereocenters. The lowest BCUT2D eigenvalue weighted by molar-refractivity contribution is 0.174. The summed E-state index contributed by atoms with van der Waals surface area (Å²) < 4.78 is 5.75. The molecule has 2 rings (SSSR count). The highest BCUT2D eigenvalue weighted by Gasteiger charge is 2.40. The fraction of sp³-hybridized carbons (Fsp3) is 0.455. The molecule has 0 spiro atoms. The Labute approximate surface area is 78.7 Å². The number of nitrogens with two attached hydrogens (primary N) is 1. The summed E-state index contributed by atoms with van der Waals surface area (Å²) in [6.45, 7) is 4.93. The van der Waals surface area contributed by atoms with E-state index in [-0.39, 0.29) is 11.5 Å². The predicted octanol–water partition coefficient (Wildman–Crippen LogP) is 1.68. The number of fused-ring (bicyclic) bond motifs is 1. The maximum absolute atomic E-state index is 5.75.